The van der Waals surface area contributed by atoms with E-state index in [9.17, 15) is 0 Å². The summed E-state index contributed by atoms with van der Waals surface area (Å²) in [6.45, 7) is 1.91. The summed E-state index contributed by atoms with van der Waals surface area (Å²) in [5.74, 6) is 1.60. The minimum Gasteiger partial charge on any atom is -0.490 e. The van der Waals surface area contributed by atoms with E-state index in [1.807, 2.05) is 12.1 Å². The molecule has 1 heterocycles. The molecule has 1 aliphatic heterocycles. The third kappa shape index (κ3) is 1.86. The third-order valence-corrected chi connectivity index (χ3v) is 2.87. The Kier molecular flexibility index (Phi) is 2.93. The van der Waals surface area contributed by atoms with E-state index < -0.39 is 0 Å². The van der Waals surface area contributed by atoms with Gasteiger partial charge in [-0.1, -0.05) is 15.9 Å². The first-order valence-electron chi connectivity index (χ1n) is 4.59. The van der Waals surface area contributed by atoms with Crippen LogP contribution in [0.1, 0.15) is 12.0 Å². The van der Waals surface area contributed by atoms with Gasteiger partial charge in [-0.25, -0.2) is 0 Å². The van der Waals surface area contributed by atoms with Gasteiger partial charge in [0, 0.05) is 17.4 Å². The Morgan fingerprint density at radius 1 is 1.21 bits per heavy atom. The van der Waals surface area contributed by atoms with Crippen LogP contribution in [0, 0.1) is 0 Å². The van der Waals surface area contributed by atoms with Crippen LogP contribution in [0.15, 0.2) is 16.6 Å². The lowest BCUT2D eigenvalue weighted by Crippen LogP contribution is -1.99. The highest BCUT2D eigenvalue weighted by atomic mass is 79.9. The number of nitrogens with two attached hydrogens (primary N) is 1. The molecular formula is C10H12BrNO2. The number of ether oxygens (including phenoxy) is 2. The van der Waals surface area contributed by atoms with E-state index in [2.05, 4.69) is 15.9 Å². The van der Waals surface area contributed by atoms with E-state index in [4.69, 9.17) is 15.2 Å². The topological polar surface area (TPSA) is 44.5 Å². The van der Waals surface area contributed by atoms with Gasteiger partial charge in [0.25, 0.3) is 0 Å². The van der Waals surface area contributed by atoms with Crippen LogP contribution in [0.2, 0.25) is 0 Å². The highest BCUT2D eigenvalue weighted by molar-refractivity contribution is 9.10. The van der Waals surface area contributed by atoms with Crippen LogP contribution in [0.3, 0.4) is 0 Å². The number of fused-ring (bicyclic) bond motifs is 1. The maximum Gasteiger partial charge on any atom is 0.162 e. The highest BCUT2D eigenvalue weighted by Gasteiger charge is 2.12. The Labute approximate surface area is 91.3 Å². The maximum absolute atomic E-state index is 5.60. The average Bonchev–Trinajstić information content (AvgIpc) is 2.41. The summed E-state index contributed by atoms with van der Waals surface area (Å²) in [7, 11) is 0. The molecule has 0 atom stereocenters. The van der Waals surface area contributed by atoms with Gasteiger partial charge in [0.1, 0.15) is 0 Å². The number of hydrogen-bond donors (Lipinski definition) is 1. The number of rotatable bonds is 1. The second-order valence-corrected chi connectivity index (χ2v) is 4.00. The van der Waals surface area contributed by atoms with Gasteiger partial charge in [0.15, 0.2) is 11.5 Å². The summed E-state index contributed by atoms with van der Waals surface area (Å²) in [6, 6.07) is 3.85. The van der Waals surface area contributed by atoms with Gasteiger partial charge in [0.2, 0.25) is 0 Å². The predicted octanol–water partition coefficient (Wildman–Crippen LogP) is 2.07. The van der Waals surface area contributed by atoms with Crippen molar-refractivity contribution >= 4 is 15.9 Å². The van der Waals surface area contributed by atoms with Crippen molar-refractivity contribution in [1.29, 1.82) is 0 Å². The standard InChI is InChI=1S/C10H12BrNO2/c11-8-5-10-9(4-7(8)6-12)13-2-1-3-14-10/h4-5H,1-3,6,12H2. The van der Waals surface area contributed by atoms with Crippen molar-refractivity contribution in [2.45, 2.75) is 13.0 Å². The highest BCUT2D eigenvalue weighted by Crippen LogP contribution is 2.34. The summed E-state index contributed by atoms with van der Waals surface area (Å²) in [4.78, 5) is 0. The summed E-state index contributed by atoms with van der Waals surface area (Å²) in [5, 5.41) is 0. The van der Waals surface area contributed by atoms with Gasteiger partial charge < -0.3 is 15.2 Å². The van der Waals surface area contributed by atoms with E-state index in [-0.39, 0.29) is 0 Å². The largest absolute Gasteiger partial charge is 0.490 e. The van der Waals surface area contributed by atoms with Crippen molar-refractivity contribution in [3.05, 3.63) is 22.2 Å². The van der Waals surface area contributed by atoms with Gasteiger partial charge in [0.05, 0.1) is 13.2 Å². The lowest BCUT2D eigenvalue weighted by molar-refractivity contribution is 0.297. The zero-order chi connectivity index (χ0) is 9.97. The zero-order valence-electron chi connectivity index (χ0n) is 7.75. The Hall–Kier alpha value is -0.740. The van der Waals surface area contributed by atoms with Crippen molar-refractivity contribution in [1.82, 2.24) is 0 Å². The molecule has 3 nitrogen and oxygen atoms in total. The van der Waals surface area contributed by atoms with E-state index in [0.29, 0.717) is 19.8 Å². The number of halogens is 1. The maximum atomic E-state index is 5.60. The van der Waals surface area contributed by atoms with Crippen molar-refractivity contribution in [2.75, 3.05) is 13.2 Å². The van der Waals surface area contributed by atoms with Crippen molar-refractivity contribution in [2.24, 2.45) is 5.73 Å². The summed E-state index contributed by atoms with van der Waals surface area (Å²) in [6.07, 6.45) is 0.921. The lowest BCUT2D eigenvalue weighted by Gasteiger charge is -2.10. The summed E-state index contributed by atoms with van der Waals surface area (Å²) in [5.41, 5.74) is 6.63. The minimum absolute atomic E-state index is 0.497. The first-order valence-corrected chi connectivity index (χ1v) is 5.38. The second-order valence-electron chi connectivity index (χ2n) is 3.14. The van der Waals surface area contributed by atoms with E-state index in [1.165, 1.54) is 0 Å². The smallest absolute Gasteiger partial charge is 0.162 e. The third-order valence-electron chi connectivity index (χ3n) is 2.14. The number of benzene rings is 1. The molecule has 0 fully saturated rings. The average molecular weight is 258 g/mol. The normalized spacial score (nSPS) is 15.0. The van der Waals surface area contributed by atoms with Gasteiger partial charge in [-0.15, -0.1) is 0 Å². The molecule has 0 aromatic heterocycles. The summed E-state index contributed by atoms with van der Waals surface area (Å²) >= 11 is 3.45. The molecule has 0 spiro atoms. The Bertz CT molecular complexity index is 341. The molecule has 0 radical (unpaired) electrons. The molecule has 76 valence electrons. The van der Waals surface area contributed by atoms with Crippen molar-refractivity contribution in [3.8, 4) is 11.5 Å². The van der Waals surface area contributed by atoms with Gasteiger partial charge in [-0.2, -0.15) is 0 Å². The molecule has 0 bridgehead atoms. The van der Waals surface area contributed by atoms with Crippen molar-refractivity contribution in [3.63, 3.8) is 0 Å². The first-order chi connectivity index (χ1) is 6.81. The van der Waals surface area contributed by atoms with Crippen LogP contribution in [0.4, 0.5) is 0 Å². The molecule has 1 aromatic rings. The molecule has 1 aromatic carbocycles. The van der Waals surface area contributed by atoms with Gasteiger partial charge >= 0.3 is 0 Å². The van der Waals surface area contributed by atoms with Crippen LogP contribution in [0.5, 0.6) is 11.5 Å². The quantitative estimate of drug-likeness (QED) is 0.838. The molecular weight excluding hydrogens is 246 g/mol. The van der Waals surface area contributed by atoms with Crippen molar-refractivity contribution < 1.29 is 9.47 Å². The molecule has 0 unspecified atom stereocenters. The monoisotopic (exact) mass is 257 g/mol. The van der Waals surface area contributed by atoms with E-state index >= 15 is 0 Å². The van der Waals surface area contributed by atoms with Crippen LogP contribution >= 0.6 is 15.9 Å². The number of hydrogen-bond acceptors (Lipinski definition) is 3. The first kappa shape index (κ1) is 9.80. The summed E-state index contributed by atoms with van der Waals surface area (Å²) < 4.78 is 12.1. The van der Waals surface area contributed by atoms with E-state index in [0.717, 1.165) is 28.0 Å². The predicted molar refractivity (Wildman–Crippen MR) is 57.6 cm³/mol. The zero-order valence-corrected chi connectivity index (χ0v) is 9.34. The Morgan fingerprint density at radius 3 is 2.50 bits per heavy atom. The molecule has 0 saturated carbocycles. The Morgan fingerprint density at radius 2 is 1.86 bits per heavy atom. The van der Waals surface area contributed by atoms with Crippen LogP contribution in [0.25, 0.3) is 0 Å². The fraction of sp³-hybridized carbons (Fsp3) is 0.400. The van der Waals surface area contributed by atoms with Gasteiger partial charge in [-0.3, -0.25) is 0 Å². The fourth-order valence-corrected chi connectivity index (χ4v) is 1.87. The van der Waals surface area contributed by atoms with Gasteiger partial charge in [-0.05, 0) is 17.7 Å². The molecule has 4 heteroatoms. The fourth-order valence-electron chi connectivity index (χ4n) is 1.38. The molecule has 0 saturated heterocycles. The van der Waals surface area contributed by atoms with E-state index in [1.54, 1.807) is 0 Å². The lowest BCUT2D eigenvalue weighted by atomic mass is 10.2. The molecule has 0 amide bonds. The van der Waals surface area contributed by atoms with Crippen LogP contribution < -0.4 is 15.2 Å². The minimum atomic E-state index is 0.497. The Balaban J connectivity index is 2.41. The molecule has 2 rings (SSSR count). The molecule has 0 aliphatic carbocycles. The SMILES string of the molecule is NCc1cc2c(cc1Br)OCCCO2. The molecule has 2 N–H and O–H groups in total. The second kappa shape index (κ2) is 4.19. The van der Waals surface area contributed by atoms with Crippen LogP contribution in [-0.4, -0.2) is 13.2 Å². The molecule has 14 heavy (non-hydrogen) atoms. The molecule has 1 aliphatic rings. The van der Waals surface area contributed by atoms with Crippen LogP contribution in [-0.2, 0) is 6.54 Å².